The zero-order chi connectivity index (χ0) is 13.4. The molecule has 18 heavy (non-hydrogen) atoms. The lowest BCUT2D eigenvalue weighted by molar-refractivity contribution is 0.152. The van der Waals surface area contributed by atoms with Gasteiger partial charge in [-0.25, -0.2) is 13.8 Å². The van der Waals surface area contributed by atoms with E-state index in [1.54, 1.807) is 12.3 Å². The molecule has 0 saturated heterocycles. The molecule has 7 heteroatoms. The van der Waals surface area contributed by atoms with E-state index in [1.165, 1.54) is 7.05 Å². The van der Waals surface area contributed by atoms with Gasteiger partial charge in [0, 0.05) is 19.8 Å². The van der Waals surface area contributed by atoms with E-state index in [-0.39, 0.29) is 0 Å². The molecule has 0 aliphatic rings. The summed E-state index contributed by atoms with van der Waals surface area (Å²) in [5.74, 6) is 0.359. The number of hydrogen-bond acceptors (Lipinski definition) is 2. The molecule has 0 atom stereocenters. The number of pyridine rings is 1. The lowest BCUT2D eigenvalue weighted by atomic mass is 10.2. The van der Waals surface area contributed by atoms with Gasteiger partial charge < -0.3 is 10.6 Å². The molecule has 0 radical (unpaired) electrons. The van der Waals surface area contributed by atoms with Crippen LogP contribution in [0.25, 0.3) is 0 Å². The molecule has 0 bridgehead atoms. The van der Waals surface area contributed by atoms with Crippen molar-refractivity contribution >= 4 is 17.6 Å². The van der Waals surface area contributed by atoms with Crippen molar-refractivity contribution in [1.29, 1.82) is 0 Å². The van der Waals surface area contributed by atoms with Crippen molar-refractivity contribution in [2.75, 3.05) is 20.1 Å². The second kappa shape index (κ2) is 7.81. The minimum Gasteiger partial charge on any atom is -0.356 e. The van der Waals surface area contributed by atoms with E-state index in [0.717, 1.165) is 5.56 Å². The Hall–Kier alpha value is -1.43. The third-order valence-electron chi connectivity index (χ3n) is 2.14. The van der Waals surface area contributed by atoms with Crippen LogP contribution >= 0.6 is 11.6 Å². The third kappa shape index (κ3) is 5.77. The predicted octanol–water partition coefficient (Wildman–Crippen LogP) is 1.71. The van der Waals surface area contributed by atoms with Crippen LogP contribution in [-0.2, 0) is 6.42 Å². The van der Waals surface area contributed by atoms with E-state index in [9.17, 15) is 8.78 Å². The molecule has 0 saturated carbocycles. The summed E-state index contributed by atoms with van der Waals surface area (Å²) in [6.45, 7) is 0.161. The molecule has 0 unspecified atom stereocenters. The van der Waals surface area contributed by atoms with Gasteiger partial charge in [-0.05, 0) is 18.1 Å². The molecular weight excluding hydrogens is 262 g/mol. The fourth-order valence-electron chi connectivity index (χ4n) is 1.27. The summed E-state index contributed by atoms with van der Waals surface area (Å²) in [7, 11) is 1.53. The summed E-state index contributed by atoms with van der Waals surface area (Å²) in [4.78, 5) is 7.78. The molecule has 0 amide bonds. The van der Waals surface area contributed by atoms with Crippen molar-refractivity contribution in [2.24, 2.45) is 4.99 Å². The predicted molar refractivity (Wildman–Crippen MR) is 68.3 cm³/mol. The van der Waals surface area contributed by atoms with E-state index >= 15 is 0 Å². The van der Waals surface area contributed by atoms with E-state index in [2.05, 4.69) is 20.6 Å². The Morgan fingerprint density at radius 3 is 2.78 bits per heavy atom. The molecule has 0 spiro atoms. The van der Waals surface area contributed by atoms with Gasteiger partial charge in [0.25, 0.3) is 6.43 Å². The van der Waals surface area contributed by atoms with Crippen LogP contribution in [0.15, 0.2) is 23.3 Å². The summed E-state index contributed by atoms with van der Waals surface area (Å²) < 4.78 is 24.0. The van der Waals surface area contributed by atoms with Crippen molar-refractivity contribution < 1.29 is 8.78 Å². The first-order chi connectivity index (χ1) is 8.61. The second-order valence-electron chi connectivity index (χ2n) is 3.51. The molecule has 1 rings (SSSR count). The minimum absolute atomic E-state index is 0.359. The van der Waals surface area contributed by atoms with Gasteiger partial charge in [-0.3, -0.25) is 4.99 Å². The quantitative estimate of drug-likeness (QED) is 0.489. The number of guanidine groups is 1. The highest BCUT2D eigenvalue weighted by Crippen LogP contribution is 2.05. The fraction of sp³-hybridized carbons (Fsp3) is 0.455. The second-order valence-corrected chi connectivity index (χ2v) is 3.90. The topological polar surface area (TPSA) is 49.3 Å². The minimum atomic E-state index is -2.40. The fourth-order valence-corrected chi connectivity index (χ4v) is 1.39. The molecule has 2 N–H and O–H groups in total. The van der Waals surface area contributed by atoms with E-state index in [0.29, 0.717) is 24.1 Å². The largest absolute Gasteiger partial charge is 0.356 e. The summed E-state index contributed by atoms with van der Waals surface area (Å²) in [5, 5.41) is 5.89. The first kappa shape index (κ1) is 14.6. The molecule has 0 aliphatic heterocycles. The first-order valence-electron chi connectivity index (χ1n) is 5.45. The number of nitrogens with zero attached hydrogens (tertiary/aromatic N) is 2. The van der Waals surface area contributed by atoms with Crippen molar-refractivity contribution in [1.82, 2.24) is 15.6 Å². The van der Waals surface area contributed by atoms with Gasteiger partial charge in [0.15, 0.2) is 5.96 Å². The summed E-state index contributed by atoms with van der Waals surface area (Å²) in [6.07, 6.45) is -0.0113. The first-order valence-corrected chi connectivity index (χ1v) is 5.82. The monoisotopic (exact) mass is 276 g/mol. The molecule has 4 nitrogen and oxygen atoms in total. The van der Waals surface area contributed by atoms with Crippen LogP contribution in [0.2, 0.25) is 5.15 Å². The Bertz CT molecular complexity index is 381. The van der Waals surface area contributed by atoms with Crippen LogP contribution in [0, 0.1) is 0 Å². The smallest absolute Gasteiger partial charge is 0.255 e. The van der Waals surface area contributed by atoms with Gasteiger partial charge in [-0.1, -0.05) is 17.7 Å². The van der Waals surface area contributed by atoms with Crippen molar-refractivity contribution in [3.05, 3.63) is 29.0 Å². The summed E-state index contributed by atoms with van der Waals surface area (Å²) >= 11 is 5.66. The van der Waals surface area contributed by atoms with Crippen LogP contribution in [0.4, 0.5) is 8.78 Å². The maximum Gasteiger partial charge on any atom is 0.255 e. The van der Waals surface area contributed by atoms with Gasteiger partial charge in [0.2, 0.25) is 0 Å². The maximum atomic E-state index is 12.0. The lowest BCUT2D eigenvalue weighted by Crippen LogP contribution is -2.40. The Morgan fingerprint density at radius 2 is 2.22 bits per heavy atom. The van der Waals surface area contributed by atoms with Crippen molar-refractivity contribution in [3.8, 4) is 0 Å². The molecule has 100 valence electrons. The average molecular weight is 277 g/mol. The van der Waals surface area contributed by atoms with Gasteiger partial charge in [-0.2, -0.15) is 0 Å². The zero-order valence-corrected chi connectivity index (χ0v) is 10.7. The molecule has 0 aliphatic carbocycles. The summed E-state index contributed by atoms with van der Waals surface area (Å²) in [5.41, 5.74) is 1.01. The zero-order valence-electron chi connectivity index (χ0n) is 9.96. The van der Waals surface area contributed by atoms with Gasteiger partial charge in [-0.15, -0.1) is 0 Å². The third-order valence-corrected chi connectivity index (χ3v) is 2.37. The number of nitrogens with one attached hydrogen (secondary N) is 2. The van der Waals surface area contributed by atoms with Crippen molar-refractivity contribution in [2.45, 2.75) is 12.8 Å². The highest BCUT2D eigenvalue weighted by atomic mass is 35.5. The van der Waals surface area contributed by atoms with Crippen LogP contribution in [0.3, 0.4) is 0 Å². The molecule has 0 aromatic carbocycles. The number of aromatic nitrogens is 1. The Morgan fingerprint density at radius 1 is 1.44 bits per heavy atom. The molecule has 1 aromatic heterocycles. The SMILES string of the molecule is CN=C(NCCc1ccc(Cl)nc1)NCC(F)F. The van der Waals surface area contributed by atoms with Crippen LogP contribution in [0.1, 0.15) is 5.56 Å². The van der Waals surface area contributed by atoms with E-state index < -0.39 is 13.0 Å². The van der Waals surface area contributed by atoms with Crippen molar-refractivity contribution in [3.63, 3.8) is 0 Å². The van der Waals surface area contributed by atoms with Gasteiger partial charge >= 0.3 is 0 Å². The van der Waals surface area contributed by atoms with Gasteiger partial charge in [0.1, 0.15) is 5.15 Å². The molecule has 1 aromatic rings. The Labute approximate surface area is 109 Å². The number of alkyl halides is 2. The van der Waals surface area contributed by atoms with Crippen LogP contribution in [0.5, 0.6) is 0 Å². The molecule has 1 heterocycles. The number of halogens is 3. The highest BCUT2D eigenvalue weighted by molar-refractivity contribution is 6.29. The van der Waals surface area contributed by atoms with Gasteiger partial charge in [0.05, 0.1) is 6.54 Å². The van der Waals surface area contributed by atoms with E-state index in [1.807, 2.05) is 6.07 Å². The number of hydrogen-bond donors (Lipinski definition) is 2. The maximum absolute atomic E-state index is 12.0. The molecule has 0 fully saturated rings. The summed E-state index contributed by atoms with van der Waals surface area (Å²) in [6, 6.07) is 3.58. The van der Waals surface area contributed by atoms with E-state index in [4.69, 9.17) is 11.6 Å². The number of rotatable bonds is 5. The number of aliphatic imine (C=N–C) groups is 1. The molecular formula is C11H15ClF2N4. The Balaban J connectivity index is 2.29. The lowest BCUT2D eigenvalue weighted by Gasteiger charge is -2.11. The van der Waals surface area contributed by atoms with Crippen LogP contribution in [-0.4, -0.2) is 37.5 Å². The highest BCUT2D eigenvalue weighted by Gasteiger charge is 2.03. The standard InChI is InChI=1S/C11H15ClF2N4/c1-15-11(18-7-10(13)14)16-5-4-8-2-3-9(12)17-6-8/h2-3,6,10H,4-5,7H2,1H3,(H2,15,16,18). The normalized spacial score (nSPS) is 11.7. The Kier molecular flexibility index (Phi) is 6.35. The van der Waals surface area contributed by atoms with Crippen LogP contribution < -0.4 is 10.6 Å². The average Bonchev–Trinajstić information content (AvgIpc) is 2.35.